The maximum absolute atomic E-state index is 12.0. The van der Waals surface area contributed by atoms with Gasteiger partial charge in [0.15, 0.2) is 5.03 Å². The van der Waals surface area contributed by atoms with Crippen molar-refractivity contribution >= 4 is 10.0 Å². The number of aromatic nitrogens is 2. The van der Waals surface area contributed by atoms with Crippen molar-refractivity contribution in [3.8, 4) is 0 Å². The normalized spacial score (nSPS) is 15.4. The zero-order valence-electron chi connectivity index (χ0n) is 11.4. The van der Waals surface area contributed by atoms with Crippen LogP contribution in [0.15, 0.2) is 11.2 Å². The number of imidazole rings is 1. The van der Waals surface area contributed by atoms with Crippen LogP contribution in [0, 0.1) is 0 Å². The molecule has 1 aromatic rings. The molecule has 0 radical (unpaired) electrons. The van der Waals surface area contributed by atoms with E-state index in [0.717, 1.165) is 0 Å². The molecule has 0 aliphatic heterocycles. The number of nitrogens with one attached hydrogen (secondary N) is 2. The number of aryl methyl sites for hydroxylation is 1. The number of sulfonamides is 1. The lowest BCUT2D eigenvalue weighted by atomic mass is 10.0. The van der Waals surface area contributed by atoms with Crippen LogP contribution in [0.3, 0.4) is 0 Å². The van der Waals surface area contributed by atoms with Crippen LogP contribution in [-0.4, -0.2) is 49.4 Å². The molecular formula is C11H21N3O4S. The van der Waals surface area contributed by atoms with Gasteiger partial charge in [0.25, 0.3) is 10.0 Å². The van der Waals surface area contributed by atoms with Crippen molar-refractivity contribution < 1.29 is 18.3 Å². The highest BCUT2D eigenvalue weighted by atomic mass is 32.2. The molecule has 1 rings (SSSR count). The average Bonchev–Trinajstić information content (AvgIpc) is 2.84. The van der Waals surface area contributed by atoms with E-state index in [1.165, 1.54) is 13.3 Å². The van der Waals surface area contributed by atoms with E-state index in [4.69, 9.17) is 4.74 Å². The summed E-state index contributed by atoms with van der Waals surface area (Å²) in [6.07, 6.45) is 2.24. The van der Waals surface area contributed by atoms with Crippen molar-refractivity contribution in [1.29, 1.82) is 0 Å². The third-order valence-corrected chi connectivity index (χ3v) is 4.03. The standard InChI is InChI=1S/C11H21N3O4S/c1-4-9-12-7-10(14-9)19(16,17)13-8-11(2,15)5-6-18-3/h7,13,15H,4-6,8H2,1-3H3,(H,12,14). The van der Waals surface area contributed by atoms with Gasteiger partial charge in [0.05, 0.1) is 11.8 Å². The number of hydrogen-bond acceptors (Lipinski definition) is 5. The van der Waals surface area contributed by atoms with Crippen molar-refractivity contribution in [3.63, 3.8) is 0 Å². The Labute approximate surface area is 113 Å². The molecule has 8 heteroatoms. The van der Waals surface area contributed by atoms with Gasteiger partial charge in [0.2, 0.25) is 0 Å². The van der Waals surface area contributed by atoms with E-state index in [-0.39, 0.29) is 11.6 Å². The van der Waals surface area contributed by atoms with Crippen molar-refractivity contribution in [2.45, 2.75) is 37.3 Å². The van der Waals surface area contributed by atoms with Crippen molar-refractivity contribution in [1.82, 2.24) is 14.7 Å². The third-order valence-electron chi connectivity index (χ3n) is 2.72. The van der Waals surface area contributed by atoms with E-state index in [1.54, 1.807) is 6.92 Å². The minimum atomic E-state index is -3.68. The Bertz CT molecular complexity index is 496. The summed E-state index contributed by atoms with van der Waals surface area (Å²) in [5, 5.41) is 9.98. The summed E-state index contributed by atoms with van der Waals surface area (Å²) in [5.41, 5.74) is -1.16. The number of ether oxygens (including phenoxy) is 1. The molecule has 0 fully saturated rings. The molecular weight excluding hydrogens is 270 g/mol. The fraction of sp³-hybridized carbons (Fsp3) is 0.727. The van der Waals surface area contributed by atoms with E-state index in [2.05, 4.69) is 14.7 Å². The number of aliphatic hydroxyl groups is 1. The molecule has 19 heavy (non-hydrogen) atoms. The van der Waals surface area contributed by atoms with Gasteiger partial charge in [-0.3, -0.25) is 0 Å². The van der Waals surface area contributed by atoms with E-state index in [1.807, 2.05) is 6.92 Å². The molecule has 1 aromatic heterocycles. The van der Waals surface area contributed by atoms with Gasteiger partial charge in [-0.25, -0.2) is 18.1 Å². The van der Waals surface area contributed by atoms with Gasteiger partial charge >= 0.3 is 0 Å². The fourth-order valence-electron chi connectivity index (χ4n) is 1.40. The highest BCUT2D eigenvalue weighted by Gasteiger charge is 2.25. The van der Waals surface area contributed by atoms with E-state index in [9.17, 15) is 13.5 Å². The second-order valence-corrected chi connectivity index (χ2v) is 6.35. The van der Waals surface area contributed by atoms with Crippen molar-refractivity contribution in [2.75, 3.05) is 20.3 Å². The lowest BCUT2D eigenvalue weighted by molar-refractivity contribution is 0.0292. The number of aromatic amines is 1. The van der Waals surface area contributed by atoms with Gasteiger partial charge in [0, 0.05) is 33.1 Å². The highest BCUT2D eigenvalue weighted by Crippen LogP contribution is 2.11. The second kappa shape index (κ2) is 6.47. The molecule has 0 spiro atoms. The van der Waals surface area contributed by atoms with Gasteiger partial charge in [-0.15, -0.1) is 0 Å². The Balaban J connectivity index is 2.65. The summed E-state index contributed by atoms with van der Waals surface area (Å²) in [6, 6.07) is 0. The molecule has 3 N–H and O–H groups in total. The summed E-state index contributed by atoms with van der Waals surface area (Å²) in [6.45, 7) is 3.70. The lowest BCUT2D eigenvalue weighted by Gasteiger charge is -2.22. The van der Waals surface area contributed by atoms with Crippen LogP contribution in [0.25, 0.3) is 0 Å². The third kappa shape index (κ3) is 4.90. The Morgan fingerprint density at radius 1 is 1.58 bits per heavy atom. The molecule has 7 nitrogen and oxygen atoms in total. The average molecular weight is 291 g/mol. The largest absolute Gasteiger partial charge is 0.389 e. The maximum Gasteiger partial charge on any atom is 0.257 e. The lowest BCUT2D eigenvalue weighted by Crippen LogP contribution is -2.41. The molecule has 110 valence electrons. The van der Waals surface area contributed by atoms with Gasteiger partial charge in [-0.05, 0) is 6.92 Å². The smallest absolute Gasteiger partial charge is 0.257 e. The van der Waals surface area contributed by atoms with Crippen LogP contribution >= 0.6 is 0 Å². The van der Waals surface area contributed by atoms with Gasteiger partial charge < -0.3 is 14.8 Å². The molecule has 1 atom stereocenters. The SMILES string of the molecule is CCc1ncc(S(=O)(=O)NCC(C)(O)CCOC)[nH]1. The quantitative estimate of drug-likeness (QED) is 0.627. The first-order valence-corrected chi connectivity index (χ1v) is 7.54. The first kappa shape index (κ1) is 16.1. The van der Waals surface area contributed by atoms with Gasteiger partial charge in [-0.2, -0.15) is 0 Å². The topological polar surface area (TPSA) is 104 Å². The Kier molecular flexibility index (Phi) is 5.48. The molecule has 0 amide bonds. The zero-order valence-corrected chi connectivity index (χ0v) is 12.2. The number of rotatable bonds is 8. The number of H-pyrrole nitrogens is 1. The zero-order chi connectivity index (χ0) is 14.5. The second-order valence-electron chi connectivity index (χ2n) is 4.61. The van der Waals surface area contributed by atoms with Crippen LogP contribution in [0.1, 0.15) is 26.1 Å². The Morgan fingerprint density at radius 3 is 2.79 bits per heavy atom. The summed E-state index contributed by atoms with van der Waals surface area (Å²) in [7, 11) is -2.15. The van der Waals surface area contributed by atoms with E-state index in [0.29, 0.717) is 25.3 Å². The van der Waals surface area contributed by atoms with E-state index < -0.39 is 15.6 Å². The number of hydrogen-bond donors (Lipinski definition) is 3. The van der Waals surface area contributed by atoms with Crippen LogP contribution in [0.2, 0.25) is 0 Å². The van der Waals surface area contributed by atoms with E-state index >= 15 is 0 Å². The molecule has 0 bridgehead atoms. The molecule has 0 aromatic carbocycles. The molecule has 0 saturated carbocycles. The van der Waals surface area contributed by atoms with Crippen molar-refractivity contribution in [2.24, 2.45) is 0 Å². The van der Waals surface area contributed by atoms with Crippen LogP contribution in [-0.2, 0) is 21.2 Å². The van der Waals surface area contributed by atoms with Gasteiger partial charge in [0.1, 0.15) is 5.82 Å². The minimum absolute atomic E-state index is 0.00638. The van der Waals surface area contributed by atoms with Crippen molar-refractivity contribution in [3.05, 3.63) is 12.0 Å². The molecule has 0 aliphatic carbocycles. The predicted molar refractivity (Wildman–Crippen MR) is 70.3 cm³/mol. The maximum atomic E-state index is 12.0. The Hall–Kier alpha value is -0.960. The highest BCUT2D eigenvalue weighted by molar-refractivity contribution is 7.89. The molecule has 1 heterocycles. The van der Waals surface area contributed by atoms with Gasteiger partial charge in [-0.1, -0.05) is 6.92 Å². The summed E-state index contributed by atoms with van der Waals surface area (Å²) < 4.78 is 31.1. The molecule has 0 saturated heterocycles. The first-order valence-electron chi connectivity index (χ1n) is 6.05. The van der Waals surface area contributed by atoms with Crippen LogP contribution in [0.5, 0.6) is 0 Å². The fourth-order valence-corrected chi connectivity index (χ4v) is 2.50. The summed E-state index contributed by atoms with van der Waals surface area (Å²) >= 11 is 0. The number of methoxy groups -OCH3 is 1. The predicted octanol–water partition coefficient (Wildman–Crippen LogP) is 0.0379. The summed E-state index contributed by atoms with van der Waals surface area (Å²) in [5.74, 6) is 0.603. The summed E-state index contributed by atoms with van der Waals surface area (Å²) in [4.78, 5) is 6.65. The minimum Gasteiger partial charge on any atom is -0.389 e. The number of nitrogens with zero attached hydrogens (tertiary/aromatic N) is 1. The molecule has 0 aliphatic rings. The van der Waals surface area contributed by atoms with Crippen LogP contribution < -0.4 is 4.72 Å². The molecule has 1 unspecified atom stereocenters. The van der Waals surface area contributed by atoms with Crippen LogP contribution in [0.4, 0.5) is 0 Å². The first-order chi connectivity index (χ1) is 8.80. The Morgan fingerprint density at radius 2 is 2.26 bits per heavy atom. The monoisotopic (exact) mass is 291 g/mol.